The van der Waals surface area contributed by atoms with Gasteiger partial charge in [0.1, 0.15) is 0 Å². The molecule has 1 aromatic heterocycles. The van der Waals surface area contributed by atoms with E-state index in [9.17, 15) is 4.79 Å². The number of amides is 1. The molecule has 0 unspecified atom stereocenters. The first-order valence-electron chi connectivity index (χ1n) is 5.27. The third kappa shape index (κ3) is 3.49. The number of aryl methyl sites for hydroxylation is 2. The van der Waals surface area contributed by atoms with Crippen molar-refractivity contribution in [3.8, 4) is 0 Å². The summed E-state index contributed by atoms with van der Waals surface area (Å²) in [5.41, 5.74) is 1.12. The fourth-order valence-electron chi connectivity index (χ4n) is 1.14. The lowest BCUT2D eigenvalue weighted by Crippen LogP contribution is -2.34. The van der Waals surface area contributed by atoms with Crippen LogP contribution in [0, 0.1) is 19.3 Å². The van der Waals surface area contributed by atoms with Crippen molar-refractivity contribution >= 4 is 28.8 Å². The molecular weight excluding hydrogens is 242 g/mol. The normalized spacial score (nSPS) is 11.6. The topological polar surface area (TPSA) is 29.1 Å². The van der Waals surface area contributed by atoms with Crippen molar-refractivity contribution in [2.75, 3.05) is 12.4 Å². The van der Waals surface area contributed by atoms with Gasteiger partial charge in [-0.2, -0.15) is 0 Å². The van der Waals surface area contributed by atoms with Crippen LogP contribution in [0.2, 0.25) is 0 Å². The molecule has 0 radical (unpaired) electrons. The van der Waals surface area contributed by atoms with Crippen molar-refractivity contribution in [3.05, 3.63) is 21.4 Å². The minimum absolute atomic E-state index is 0.000563. The van der Waals surface area contributed by atoms with E-state index in [0.717, 1.165) is 4.88 Å². The van der Waals surface area contributed by atoms with Gasteiger partial charge in [0, 0.05) is 17.3 Å². The molecule has 0 bridgehead atoms. The number of hydrogen-bond donors (Lipinski definition) is 1. The average molecular weight is 260 g/mol. The lowest BCUT2D eigenvalue weighted by Gasteiger charge is -2.21. The first kappa shape index (κ1) is 13.5. The first-order chi connectivity index (χ1) is 7.35. The highest BCUT2D eigenvalue weighted by molar-refractivity contribution is 7.14. The minimum Gasteiger partial charge on any atom is -0.351 e. The smallest absolute Gasteiger partial charge is 0.261 e. The summed E-state index contributed by atoms with van der Waals surface area (Å²) in [7, 11) is 0. The van der Waals surface area contributed by atoms with Crippen molar-refractivity contribution in [1.29, 1.82) is 0 Å². The molecule has 1 heterocycles. The number of carbonyl (C=O) groups excluding carboxylic acids is 1. The van der Waals surface area contributed by atoms with E-state index in [1.807, 2.05) is 33.8 Å². The molecule has 90 valence electrons. The quantitative estimate of drug-likeness (QED) is 0.826. The first-order valence-corrected chi connectivity index (χ1v) is 6.62. The van der Waals surface area contributed by atoms with Crippen LogP contribution in [-0.2, 0) is 0 Å². The van der Waals surface area contributed by atoms with Gasteiger partial charge in [0.15, 0.2) is 0 Å². The lowest BCUT2D eigenvalue weighted by molar-refractivity contribution is 0.0944. The predicted molar refractivity (Wildman–Crippen MR) is 70.6 cm³/mol. The molecule has 0 aliphatic rings. The van der Waals surface area contributed by atoms with Crippen molar-refractivity contribution < 1.29 is 4.79 Å². The largest absolute Gasteiger partial charge is 0.351 e. The number of halogens is 1. The van der Waals surface area contributed by atoms with Gasteiger partial charge in [0.2, 0.25) is 0 Å². The monoisotopic (exact) mass is 259 g/mol. The van der Waals surface area contributed by atoms with Crippen LogP contribution in [0.5, 0.6) is 0 Å². The zero-order chi connectivity index (χ0) is 12.3. The Bertz CT molecular complexity index is 365. The number of rotatable bonds is 4. The molecule has 0 aromatic carbocycles. The molecule has 0 saturated carbocycles. The summed E-state index contributed by atoms with van der Waals surface area (Å²) < 4.78 is 0. The Morgan fingerprint density at radius 1 is 1.50 bits per heavy atom. The highest BCUT2D eigenvalue weighted by atomic mass is 35.5. The third-order valence-electron chi connectivity index (χ3n) is 2.48. The van der Waals surface area contributed by atoms with Gasteiger partial charge in [-0.1, -0.05) is 13.8 Å². The molecule has 16 heavy (non-hydrogen) atoms. The van der Waals surface area contributed by atoms with Crippen LogP contribution < -0.4 is 5.32 Å². The predicted octanol–water partition coefficient (Wildman–Crippen LogP) is 3.36. The van der Waals surface area contributed by atoms with Gasteiger partial charge in [0.05, 0.1) is 4.88 Å². The summed E-state index contributed by atoms with van der Waals surface area (Å²) in [5.74, 6) is 0.537. The summed E-state index contributed by atoms with van der Waals surface area (Å²) in [5, 5.41) is 2.92. The van der Waals surface area contributed by atoms with Crippen LogP contribution in [0.3, 0.4) is 0 Å². The number of carbonyl (C=O) groups is 1. The van der Waals surface area contributed by atoms with Crippen LogP contribution in [-0.4, -0.2) is 18.3 Å². The van der Waals surface area contributed by atoms with Crippen molar-refractivity contribution in [1.82, 2.24) is 5.32 Å². The average Bonchev–Trinajstić information content (AvgIpc) is 2.56. The van der Waals surface area contributed by atoms with E-state index in [2.05, 4.69) is 5.32 Å². The maximum Gasteiger partial charge on any atom is 0.261 e. The SMILES string of the molecule is Cc1cc(C(=O)NCC(C)(C)CCl)sc1C. The van der Waals surface area contributed by atoms with Crippen LogP contribution in [0.1, 0.15) is 34.0 Å². The maximum absolute atomic E-state index is 11.8. The van der Waals surface area contributed by atoms with Crippen molar-refractivity contribution in [2.24, 2.45) is 5.41 Å². The second kappa shape index (κ2) is 5.19. The zero-order valence-electron chi connectivity index (χ0n) is 10.2. The molecule has 1 N–H and O–H groups in total. The summed E-state index contributed by atoms with van der Waals surface area (Å²) in [6, 6.07) is 1.93. The van der Waals surface area contributed by atoms with Gasteiger partial charge < -0.3 is 5.32 Å². The van der Waals surface area contributed by atoms with Gasteiger partial charge in [-0.05, 0) is 30.9 Å². The van der Waals surface area contributed by atoms with Crippen molar-refractivity contribution in [3.63, 3.8) is 0 Å². The van der Waals surface area contributed by atoms with Gasteiger partial charge >= 0.3 is 0 Å². The van der Waals surface area contributed by atoms with Crippen LogP contribution in [0.4, 0.5) is 0 Å². The van der Waals surface area contributed by atoms with Gasteiger partial charge in [-0.15, -0.1) is 22.9 Å². The van der Waals surface area contributed by atoms with Crippen molar-refractivity contribution in [2.45, 2.75) is 27.7 Å². The fraction of sp³-hybridized carbons (Fsp3) is 0.583. The molecule has 1 aromatic rings. The maximum atomic E-state index is 11.8. The number of thiophene rings is 1. The molecule has 2 nitrogen and oxygen atoms in total. The van der Waals surface area contributed by atoms with Gasteiger partial charge in [0.25, 0.3) is 5.91 Å². The molecule has 0 atom stereocenters. The molecule has 1 rings (SSSR count). The van der Waals surface area contributed by atoms with Crippen LogP contribution in [0.15, 0.2) is 6.07 Å². The second-order valence-electron chi connectivity index (χ2n) is 4.83. The second-order valence-corrected chi connectivity index (χ2v) is 6.35. The van der Waals surface area contributed by atoms with E-state index in [0.29, 0.717) is 12.4 Å². The summed E-state index contributed by atoms with van der Waals surface area (Å²) in [4.78, 5) is 13.8. The number of nitrogens with one attached hydrogen (secondary N) is 1. The Kier molecular flexibility index (Phi) is 4.39. The molecule has 0 aliphatic heterocycles. The van der Waals surface area contributed by atoms with E-state index >= 15 is 0 Å². The Morgan fingerprint density at radius 2 is 2.12 bits per heavy atom. The highest BCUT2D eigenvalue weighted by Crippen LogP contribution is 2.21. The van der Waals surface area contributed by atoms with Gasteiger partial charge in [-0.3, -0.25) is 4.79 Å². The Balaban J connectivity index is 2.60. The molecule has 4 heteroatoms. The Morgan fingerprint density at radius 3 is 2.56 bits per heavy atom. The Hall–Kier alpha value is -0.540. The van der Waals surface area contributed by atoms with Crippen LogP contribution in [0.25, 0.3) is 0 Å². The molecule has 0 aliphatic carbocycles. The number of alkyl halides is 1. The van der Waals surface area contributed by atoms with Crippen LogP contribution >= 0.6 is 22.9 Å². The zero-order valence-corrected chi connectivity index (χ0v) is 11.8. The minimum atomic E-state index is -0.0570. The summed E-state index contributed by atoms with van der Waals surface area (Å²) >= 11 is 7.34. The summed E-state index contributed by atoms with van der Waals surface area (Å²) in [6.45, 7) is 8.71. The third-order valence-corrected chi connectivity index (χ3v) is 4.35. The highest BCUT2D eigenvalue weighted by Gasteiger charge is 2.18. The fourth-order valence-corrected chi connectivity index (χ4v) is 2.18. The Labute approximate surface area is 106 Å². The van der Waals surface area contributed by atoms with E-state index in [1.54, 1.807) is 0 Å². The van der Waals surface area contributed by atoms with E-state index in [-0.39, 0.29) is 11.3 Å². The van der Waals surface area contributed by atoms with Gasteiger partial charge in [-0.25, -0.2) is 0 Å². The lowest BCUT2D eigenvalue weighted by atomic mass is 9.96. The molecule has 1 amide bonds. The number of hydrogen-bond acceptors (Lipinski definition) is 2. The molecule has 0 fully saturated rings. The molecule has 0 saturated heterocycles. The van der Waals surface area contributed by atoms with E-state index in [4.69, 9.17) is 11.6 Å². The standard InChI is InChI=1S/C12H18ClNOS/c1-8-5-10(16-9(8)2)11(15)14-7-12(3,4)6-13/h5H,6-7H2,1-4H3,(H,14,15). The van der Waals surface area contributed by atoms with E-state index < -0.39 is 0 Å². The molecular formula is C12H18ClNOS. The van der Waals surface area contributed by atoms with E-state index in [1.165, 1.54) is 21.8 Å². The summed E-state index contributed by atoms with van der Waals surface area (Å²) in [6.07, 6.45) is 0. The molecule has 0 spiro atoms.